The van der Waals surface area contributed by atoms with Crippen LogP contribution in [0.1, 0.15) is 22.0 Å². The number of hydrogen-bond acceptors (Lipinski definition) is 5. The lowest BCUT2D eigenvalue weighted by Crippen LogP contribution is -2.21. The van der Waals surface area contributed by atoms with Crippen molar-refractivity contribution in [1.82, 2.24) is 0 Å². The van der Waals surface area contributed by atoms with Crippen molar-refractivity contribution in [3.63, 3.8) is 0 Å². The molecule has 1 atom stereocenters. The molecular formula is C11H13NO5. The standard InChI is InChI=1S/C11H13NO5/c1-16-9-6(5-13)3-4-7(10(9)17-2)8(12)11(14)15/h3-5,8H,12H2,1-2H3,(H,14,15). The summed E-state index contributed by atoms with van der Waals surface area (Å²) in [7, 11) is 2.71. The van der Waals surface area contributed by atoms with Gasteiger partial charge in [-0.3, -0.25) is 9.59 Å². The van der Waals surface area contributed by atoms with Gasteiger partial charge in [0.1, 0.15) is 6.04 Å². The number of carboxylic acids is 1. The molecule has 92 valence electrons. The first kappa shape index (κ1) is 13.0. The Bertz CT molecular complexity index is 444. The lowest BCUT2D eigenvalue weighted by molar-refractivity contribution is -0.138. The summed E-state index contributed by atoms with van der Waals surface area (Å²) < 4.78 is 10.1. The van der Waals surface area contributed by atoms with Gasteiger partial charge in [-0.1, -0.05) is 6.07 Å². The van der Waals surface area contributed by atoms with E-state index in [9.17, 15) is 9.59 Å². The average molecular weight is 239 g/mol. The van der Waals surface area contributed by atoms with Crippen LogP contribution in [0.15, 0.2) is 12.1 Å². The largest absolute Gasteiger partial charge is 0.492 e. The molecule has 1 unspecified atom stereocenters. The van der Waals surface area contributed by atoms with Crippen LogP contribution >= 0.6 is 0 Å². The van der Waals surface area contributed by atoms with Crippen molar-refractivity contribution in [2.24, 2.45) is 5.73 Å². The second-order valence-corrected chi connectivity index (χ2v) is 3.24. The Labute approximate surface area is 97.9 Å². The molecule has 3 N–H and O–H groups in total. The quantitative estimate of drug-likeness (QED) is 0.730. The molecule has 0 amide bonds. The maximum Gasteiger partial charge on any atom is 0.325 e. The topological polar surface area (TPSA) is 98.9 Å². The predicted octanol–water partition coefficient (Wildman–Crippen LogP) is 0.601. The smallest absolute Gasteiger partial charge is 0.325 e. The minimum absolute atomic E-state index is 0.159. The van der Waals surface area contributed by atoms with Crippen molar-refractivity contribution in [2.75, 3.05) is 14.2 Å². The van der Waals surface area contributed by atoms with Crippen LogP contribution in [0.5, 0.6) is 11.5 Å². The van der Waals surface area contributed by atoms with Gasteiger partial charge < -0.3 is 20.3 Å². The van der Waals surface area contributed by atoms with E-state index in [0.29, 0.717) is 6.29 Å². The van der Waals surface area contributed by atoms with Crippen molar-refractivity contribution >= 4 is 12.3 Å². The second kappa shape index (κ2) is 5.31. The third-order valence-electron chi connectivity index (χ3n) is 2.31. The van der Waals surface area contributed by atoms with Gasteiger partial charge in [0.2, 0.25) is 0 Å². The van der Waals surface area contributed by atoms with Gasteiger partial charge in [-0.05, 0) is 6.07 Å². The predicted molar refractivity (Wildman–Crippen MR) is 59.5 cm³/mol. The maximum absolute atomic E-state index is 10.8. The van der Waals surface area contributed by atoms with E-state index in [0.717, 1.165) is 0 Å². The number of carbonyl (C=O) groups excluding carboxylic acids is 1. The Balaban J connectivity index is 3.42. The Morgan fingerprint density at radius 1 is 1.35 bits per heavy atom. The third kappa shape index (κ3) is 2.36. The lowest BCUT2D eigenvalue weighted by Gasteiger charge is -2.16. The Morgan fingerprint density at radius 2 is 1.94 bits per heavy atom. The van der Waals surface area contributed by atoms with Crippen LogP contribution in [0.4, 0.5) is 0 Å². The van der Waals surface area contributed by atoms with E-state index in [1.165, 1.54) is 26.4 Å². The molecule has 6 nitrogen and oxygen atoms in total. The highest BCUT2D eigenvalue weighted by Crippen LogP contribution is 2.36. The summed E-state index contributed by atoms with van der Waals surface area (Å²) in [6.45, 7) is 0. The molecule has 0 heterocycles. The molecule has 0 saturated heterocycles. The Morgan fingerprint density at radius 3 is 2.35 bits per heavy atom. The number of ether oxygens (including phenoxy) is 2. The van der Waals surface area contributed by atoms with E-state index in [4.69, 9.17) is 20.3 Å². The molecule has 0 spiro atoms. The van der Waals surface area contributed by atoms with Crippen molar-refractivity contribution in [3.8, 4) is 11.5 Å². The normalized spacial score (nSPS) is 11.7. The maximum atomic E-state index is 10.8. The van der Waals surface area contributed by atoms with Crippen molar-refractivity contribution < 1.29 is 24.2 Å². The summed E-state index contributed by atoms with van der Waals surface area (Å²) in [5.41, 5.74) is 6.03. The molecule has 0 aliphatic rings. The number of nitrogens with two attached hydrogens (primary N) is 1. The number of methoxy groups -OCH3 is 2. The first-order valence-electron chi connectivity index (χ1n) is 4.75. The molecule has 1 aromatic rings. The monoisotopic (exact) mass is 239 g/mol. The Hall–Kier alpha value is -2.08. The van der Waals surface area contributed by atoms with Crippen LogP contribution < -0.4 is 15.2 Å². The summed E-state index contributed by atoms with van der Waals surface area (Å²) in [5, 5.41) is 8.85. The van der Waals surface area contributed by atoms with Crippen molar-refractivity contribution in [2.45, 2.75) is 6.04 Å². The number of benzene rings is 1. The highest BCUT2D eigenvalue weighted by Gasteiger charge is 2.23. The fourth-order valence-corrected chi connectivity index (χ4v) is 1.48. The molecule has 1 aromatic carbocycles. The van der Waals surface area contributed by atoms with Gasteiger partial charge in [0.15, 0.2) is 17.8 Å². The number of aliphatic carboxylic acids is 1. The molecule has 0 aliphatic carbocycles. The minimum atomic E-state index is -1.24. The second-order valence-electron chi connectivity index (χ2n) is 3.24. The van der Waals surface area contributed by atoms with Crippen LogP contribution in [0.2, 0.25) is 0 Å². The summed E-state index contributed by atoms with van der Waals surface area (Å²) >= 11 is 0. The molecule has 0 radical (unpaired) electrons. The summed E-state index contributed by atoms with van der Waals surface area (Å²) in [4.78, 5) is 21.6. The van der Waals surface area contributed by atoms with Gasteiger partial charge in [-0.15, -0.1) is 0 Å². The fourth-order valence-electron chi connectivity index (χ4n) is 1.48. The zero-order valence-corrected chi connectivity index (χ0v) is 9.47. The zero-order chi connectivity index (χ0) is 13.0. The number of hydrogen-bond donors (Lipinski definition) is 2. The molecule has 0 aliphatic heterocycles. The number of aldehydes is 1. The van der Waals surface area contributed by atoms with E-state index in [2.05, 4.69) is 0 Å². The fraction of sp³-hybridized carbons (Fsp3) is 0.273. The Kier molecular flexibility index (Phi) is 4.06. The zero-order valence-electron chi connectivity index (χ0n) is 9.47. The van der Waals surface area contributed by atoms with Gasteiger partial charge in [-0.2, -0.15) is 0 Å². The number of carboxylic acid groups (broad SMARTS) is 1. The van der Waals surface area contributed by atoms with Gasteiger partial charge in [0.25, 0.3) is 0 Å². The number of rotatable bonds is 5. The molecule has 0 fully saturated rings. The van der Waals surface area contributed by atoms with Crippen LogP contribution in [-0.2, 0) is 4.79 Å². The first-order chi connectivity index (χ1) is 8.06. The highest BCUT2D eigenvalue weighted by atomic mass is 16.5. The summed E-state index contributed by atoms with van der Waals surface area (Å²) in [6.07, 6.45) is 0.595. The summed E-state index contributed by atoms with van der Waals surface area (Å²) in [5.74, 6) is -0.854. The first-order valence-corrected chi connectivity index (χ1v) is 4.75. The van der Waals surface area contributed by atoms with E-state index in [1.54, 1.807) is 0 Å². The van der Waals surface area contributed by atoms with Gasteiger partial charge >= 0.3 is 5.97 Å². The van der Waals surface area contributed by atoms with E-state index in [-0.39, 0.29) is 22.6 Å². The van der Waals surface area contributed by atoms with E-state index >= 15 is 0 Å². The third-order valence-corrected chi connectivity index (χ3v) is 2.31. The van der Waals surface area contributed by atoms with E-state index < -0.39 is 12.0 Å². The van der Waals surface area contributed by atoms with Crippen LogP contribution in [0, 0.1) is 0 Å². The van der Waals surface area contributed by atoms with Crippen LogP contribution in [-0.4, -0.2) is 31.6 Å². The van der Waals surface area contributed by atoms with Gasteiger partial charge in [-0.25, -0.2) is 0 Å². The van der Waals surface area contributed by atoms with Crippen LogP contribution in [0.25, 0.3) is 0 Å². The molecule has 0 saturated carbocycles. The van der Waals surface area contributed by atoms with Crippen LogP contribution in [0.3, 0.4) is 0 Å². The van der Waals surface area contributed by atoms with Gasteiger partial charge in [0.05, 0.1) is 19.8 Å². The highest BCUT2D eigenvalue weighted by molar-refractivity contribution is 5.84. The molecule has 6 heteroatoms. The number of carbonyl (C=O) groups is 2. The SMILES string of the molecule is COc1c(C=O)ccc(C(N)C(=O)O)c1OC. The molecule has 1 rings (SSSR count). The van der Waals surface area contributed by atoms with Gasteiger partial charge in [0, 0.05) is 5.56 Å². The minimum Gasteiger partial charge on any atom is -0.492 e. The van der Waals surface area contributed by atoms with Crippen molar-refractivity contribution in [1.29, 1.82) is 0 Å². The molecule has 17 heavy (non-hydrogen) atoms. The lowest BCUT2D eigenvalue weighted by atomic mass is 10.0. The van der Waals surface area contributed by atoms with E-state index in [1.807, 2.05) is 0 Å². The summed E-state index contributed by atoms with van der Waals surface area (Å²) in [6, 6.07) is 1.63. The molecule has 0 bridgehead atoms. The average Bonchev–Trinajstić information content (AvgIpc) is 2.35. The molecule has 0 aromatic heterocycles. The van der Waals surface area contributed by atoms with Crippen molar-refractivity contribution in [3.05, 3.63) is 23.3 Å². The molecular weight excluding hydrogens is 226 g/mol.